The minimum absolute atomic E-state index is 0.0801. The number of hydrogen-bond acceptors (Lipinski definition) is 4. The number of hydrogen-bond donors (Lipinski definition) is 2. The minimum atomic E-state index is -0.0801. The Morgan fingerprint density at radius 2 is 1.84 bits per heavy atom. The molecule has 2 aromatic rings. The number of H-pyrrole nitrogens is 1. The number of aromatic nitrogens is 3. The van der Waals surface area contributed by atoms with Crippen molar-refractivity contribution in [2.45, 2.75) is 0 Å². The van der Waals surface area contributed by atoms with Crippen LogP contribution in [0.15, 0.2) is 70.8 Å². The molecule has 5 rings (SSSR count). The average Bonchev–Trinajstić information content (AvgIpc) is 3.33. The van der Waals surface area contributed by atoms with Gasteiger partial charge >= 0.3 is 0 Å². The van der Waals surface area contributed by atoms with Crippen LogP contribution in [0.3, 0.4) is 0 Å². The van der Waals surface area contributed by atoms with Crippen LogP contribution in [-0.2, 0) is 4.79 Å². The average molecular weight is 327 g/mol. The Morgan fingerprint density at radius 1 is 0.960 bits per heavy atom. The molecule has 0 aliphatic carbocycles. The van der Waals surface area contributed by atoms with E-state index in [2.05, 4.69) is 20.4 Å². The normalized spacial score (nSPS) is 24.7. The van der Waals surface area contributed by atoms with Crippen molar-refractivity contribution in [2.24, 2.45) is 4.99 Å². The van der Waals surface area contributed by atoms with E-state index >= 15 is 0 Å². The zero-order chi connectivity index (χ0) is 16.8. The van der Waals surface area contributed by atoms with Gasteiger partial charge in [-0.3, -0.25) is 4.79 Å². The number of ketones is 1. The Balaban J connectivity index is 1.71. The van der Waals surface area contributed by atoms with Crippen molar-refractivity contribution in [2.75, 3.05) is 0 Å². The smallest absolute Gasteiger partial charge is 0.205 e. The highest BCUT2D eigenvalue weighted by atomic mass is 16.1. The summed E-state index contributed by atoms with van der Waals surface area (Å²) < 4.78 is 1.63. The molecule has 0 fully saturated rings. The number of carbonyl (C=O) groups excluding carboxylic acids is 1. The monoisotopic (exact) mass is 327 g/mol. The molecule has 0 aromatic carbocycles. The maximum absolute atomic E-state index is 12.2. The molecule has 0 saturated carbocycles. The highest BCUT2D eigenvalue weighted by Crippen LogP contribution is 2.17. The summed E-state index contributed by atoms with van der Waals surface area (Å²) in [5, 5.41) is 9.49. The van der Waals surface area contributed by atoms with Crippen LogP contribution >= 0.6 is 0 Å². The molecular weight excluding hydrogens is 314 g/mol. The van der Waals surface area contributed by atoms with Crippen molar-refractivity contribution in [1.82, 2.24) is 20.1 Å². The third-order valence-corrected chi connectivity index (χ3v) is 4.05. The Bertz CT molecular complexity index is 1180. The Labute approximate surface area is 142 Å². The van der Waals surface area contributed by atoms with Gasteiger partial charge < -0.3 is 10.3 Å². The molecule has 3 aliphatic rings. The Kier molecular flexibility index (Phi) is 2.84. The SMILES string of the molecule is O=C1C=C2/C=C3/C=CC(=N3)/C=c3/cc/c([nH]3)=C/c3ccn(n3)/C=C/1N2. The van der Waals surface area contributed by atoms with Crippen molar-refractivity contribution in [3.05, 3.63) is 82.2 Å². The second-order valence-corrected chi connectivity index (χ2v) is 5.95. The summed E-state index contributed by atoms with van der Waals surface area (Å²) in [6, 6.07) is 5.89. The van der Waals surface area contributed by atoms with Crippen LogP contribution in [-0.4, -0.2) is 26.3 Å². The van der Waals surface area contributed by atoms with E-state index in [-0.39, 0.29) is 5.78 Å². The molecule has 0 unspecified atom stereocenters. The lowest BCUT2D eigenvalue weighted by Gasteiger charge is -2.01. The first-order valence-corrected chi connectivity index (χ1v) is 7.88. The van der Waals surface area contributed by atoms with Crippen molar-refractivity contribution >= 4 is 29.8 Å². The van der Waals surface area contributed by atoms with Crippen LogP contribution in [0.25, 0.3) is 18.4 Å². The molecule has 8 bridgehead atoms. The van der Waals surface area contributed by atoms with Gasteiger partial charge in [-0.05, 0) is 48.6 Å². The number of aliphatic imine (C=N–C) groups is 1. The lowest BCUT2D eigenvalue weighted by Crippen LogP contribution is -2.11. The van der Waals surface area contributed by atoms with Crippen LogP contribution in [0.5, 0.6) is 0 Å². The van der Waals surface area contributed by atoms with Crippen LogP contribution in [0.1, 0.15) is 5.69 Å². The fourth-order valence-corrected chi connectivity index (χ4v) is 2.91. The molecule has 0 atom stereocenters. The summed E-state index contributed by atoms with van der Waals surface area (Å²) in [7, 11) is 0. The zero-order valence-corrected chi connectivity index (χ0v) is 13.1. The highest BCUT2D eigenvalue weighted by molar-refractivity contribution is 6.19. The van der Waals surface area contributed by atoms with Gasteiger partial charge in [-0.25, -0.2) is 9.67 Å². The first kappa shape index (κ1) is 13.7. The molecule has 0 radical (unpaired) electrons. The second kappa shape index (κ2) is 5.17. The third kappa shape index (κ3) is 2.59. The topological polar surface area (TPSA) is 75.1 Å². The van der Waals surface area contributed by atoms with E-state index in [4.69, 9.17) is 0 Å². The van der Waals surface area contributed by atoms with E-state index in [1.54, 1.807) is 17.0 Å². The van der Waals surface area contributed by atoms with Gasteiger partial charge in [0.2, 0.25) is 5.78 Å². The lowest BCUT2D eigenvalue weighted by atomic mass is 10.3. The molecule has 0 amide bonds. The quantitative estimate of drug-likeness (QED) is 0.743. The van der Waals surface area contributed by atoms with Crippen LogP contribution in [0.2, 0.25) is 0 Å². The highest BCUT2D eigenvalue weighted by Gasteiger charge is 2.17. The van der Waals surface area contributed by atoms with Gasteiger partial charge in [0.1, 0.15) is 5.70 Å². The fourth-order valence-electron chi connectivity index (χ4n) is 2.91. The molecule has 0 spiro atoms. The fraction of sp³-hybridized carbons (Fsp3) is 0. The molecule has 120 valence electrons. The third-order valence-electron chi connectivity index (χ3n) is 4.05. The van der Waals surface area contributed by atoms with E-state index in [0.717, 1.165) is 27.8 Å². The van der Waals surface area contributed by atoms with E-state index in [1.807, 2.05) is 54.8 Å². The number of nitrogens with zero attached hydrogens (tertiary/aromatic N) is 3. The Hall–Kier alpha value is -3.67. The van der Waals surface area contributed by atoms with Gasteiger partial charge in [0.15, 0.2) is 0 Å². The molecule has 25 heavy (non-hydrogen) atoms. The van der Waals surface area contributed by atoms with Crippen molar-refractivity contribution in [3.8, 4) is 0 Å². The van der Waals surface area contributed by atoms with Gasteiger partial charge in [0, 0.05) is 28.7 Å². The maximum atomic E-state index is 12.2. The summed E-state index contributed by atoms with van der Waals surface area (Å²) in [4.78, 5) is 20.0. The summed E-state index contributed by atoms with van der Waals surface area (Å²) in [6.45, 7) is 0. The minimum Gasteiger partial charge on any atom is -0.355 e. The number of carbonyl (C=O) groups is 1. The van der Waals surface area contributed by atoms with Crippen LogP contribution in [0.4, 0.5) is 0 Å². The molecule has 2 N–H and O–H groups in total. The summed E-state index contributed by atoms with van der Waals surface area (Å²) in [5.41, 5.74) is 3.65. The molecule has 5 heterocycles. The molecule has 3 aliphatic heterocycles. The maximum Gasteiger partial charge on any atom is 0.205 e. The summed E-state index contributed by atoms with van der Waals surface area (Å²) in [5.74, 6) is -0.0801. The lowest BCUT2D eigenvalue weighted by molar-refractivity contribution is -0.111. The van der Waals surface area contributed by atoms with E-state index in [0.29, 0.717) is 11.4 Å². The second-order valence-electron chi connectivity index (χ2n) is 5.95. The number of aromatic amines is 1. The van der Waals surface area contributed by atoms with Gasteiger partial charge in [-0.2, -0.15) is 5.10 Å². The van der Waals surface area contributed by atoms with Gasteiger partial charge in [0.25, 0.3) is 0 Å². The van der Waals surface area contributed by atoms with Crippen molar-refractivity contribution < 1.29 is 4.79 Å². The predicted molar refractivity (Wildman–Crippen MR) is 95.5 cm³/mol. The predicted octanol–water partition coefficient (Wildman–Crippen LogP) is 0.583. The molecule has 0 saturated heterocycles. The van der Waals surface area contributed by atoms with E-state index < -0.39 is 0 Å². The first-order valence-electron chi connectivity index (χ1n) is 7.88. The number of rotatable bonds is 0. The van der Waals surface area contributed by atoms with Crippen LogP contribution in [0, 0.1) is 0 Å². The molecule has 6 nitrogen and oxygen atoms in total. The van der Waals surface area contributed by atoms with Gasteiger partial charge in [-0.1, -0.05) is 0 Å². The van der Waals surface area contributed by atoms with Crippen molar-refractivity contribution in [1.29, 1.82) is 0 Å². The number of nitrogens with one attached hydrogen (secondary N) is 2. The number of allylic oxidation sites excluding steroid dienone is 4. The van der Waals surface area contributed by atoms with Crippen LogP contribution < -0.4 is 16.0 Å². The molecular formula is C19H13N5O. The van der Waals surface area contributed by atoms with Gasteiger partial charge in [-0.15, -0.1) is 0 Å². The van der Waals surface area contributed by atoms with E-state index in [9.17, 15) is 4.79 Å². The largest absolute Gasteiger partial charge is 0.355 e. The Morgan fingerprint density at radius 3 is 2.76 bits per heavy atom. The van der Waals surface area contributed by atoms with Gasteiger partial charge in [0.05, 0.1) is 23.3 Å². The first-order chi connectivity index (χ1) is 12.2. The summed E-state index contributed by atoms with van der Waals surface area (Å²) in [6.07, 6.45) is 14.7. The molecule has 6 heteroatoms. The van der Waals surface area contributed by atoms with Crippen molar-refractivity contribution in [3.63, 3.8) is 0 Å². The summed E-state index contributed by atoms with van der Waals surface area (Å²) >= 11 is 0. The zero-order valence-electron chi connectivity index (χ0n) is 13.1. The molecule has 2 aromatic heterocycles. The van der Waals surface area contributed by atoms with E-state index in [1.165, 1.54) is 0 Å². The standard InChI is InChI=1S/C19H13N5O/c25-19-10-17-9-15-4-2-13(21-15)7-12-1-3-14(20-12)8-16-5-6-24(23-16)11-18(19)22-17/h1-11,20,22H/b12-7-,14-8-,15-9-,18-11-. The number of fused-ring (bicyclic) bond motifs is 7.